The van der Waals surface area contributed by atoms with Crippen LogP contribution in [-0.2, 0) is 0 Å². The molecule has 0 aliphatic carbocycles. The molecule has 9 nitrogen and oxygen atoms in total. The van der Waals surface area contributed by atoms with Crippen LogP contribution in [0.4, 0.5) is 11.8 Å². The summed E-state index contributed by atoms with van der Waals surface area (Å²) in [4.78, 5) is 25.6. The van der Waals surface area contributed by atoms with Crippen LogP contribution in [0.25, 0.3) is 10.9 Å². The van der Waals surface area contributed by atoms with Gasteiger partial charge in [0.2, 0.25) is 5.95 Å². The first-order valence-corrected chi connectivity index (χ1v) is 9.30. The number of hydrogen-bond acceptors (Lipinski definition) is 8. The summed E-state index contributed by atoms with van der Waals surface area (Å²) in [5, 5.41) is 0.700. The van der Waals surface area contributed by atoms with Crippen molar-refractivity contribution in [3.63, 3.8) is 0 Å². The SMILES string of the molecule is COc1cc2nc(N3CCN(C(=O)c4ccco4)CC3C)nc(N)c2cc1OC. The van der Waals surface area contributed by atoms with Crippen molar-refractivity contribution in [1.82, 2.24) is 14.9 Å². The second-order valence-corrected chi connectivity index (χ2v) is 6.90. The van der Waals surface area contributed by atoms with Gasteiger partial charge in [-0.05, 0) is 25.1 Å². The molecule has 1 fully saturated rings. The molecule has 0 saturated carbocycles. The molecule has 29 heavy (non-hydrogen) atoms. The molecule has 3 heterocycles. The smallest absolute Gasteiger partial charge is 0.289 e. The topological polar surface area (TPSA) is 107 Å². The quantitative estimate of drug-likeness (QED) is 0.714. The second kappa shape index (κ2) is 7.50. The zero-order valence-electron chi connectivity index (χ0n) is 16.6. The van der Waals surface area contributed by atoms with E-state index in [1.807, 2.05) is 6.92 Å². The molecule has 9 heteroatoms. The van der Waals surface area contributed by atoms with Gasteiger partial charge in [-0.2, -0.15) is 4.98 Å². The van der Waals surface area contributed by atoms with Gasteiger partial charge in [-0.3, -0.25) is 4.79 Å². The van der Waals surface area contributed by atoms with Gasteiger partial charge >= 0.3 is 0 Å². The highest BCUT2D eigenvalue weighted by atomic mass is 16.5. The van der Waals surface area contributed by atoms with Crippen LogP contribution in [0.2, 0.25) is 0 Å². The molecule has 152 valence electrons. The van der Waals surface area contributed by atoms with Crippen LogP contribution in [0.1, 0.15) is 17.5 Å². The van der Waals surface area contributed by atoms with Crippen LogP contribution in [-0.4, -0.2) is 60.7 Å². The summed E-state index contributed by atoms with van der Waals surface area (Å²) in [5.74, 6) is 2.27. The average Bonchev–Trinajstić information content (AvgIpc) is 3.27. The largest absolute Gasteiger partial charge is 0.493 e. The molecule has 2 N–H and O–H groups in total. The molecular formula is C20H23N5O4. The number of furan rings is 1. The van der Waals surface area contributed by atoms with Crippen LogP contribution in [0.15, 0.2) is 34.9 Å². The molecule has 1 aliphatic rings. The molecule has 0 spiro atoms. The zero-order chi connectivity index (χ0) is 20.5. The number of nitrogens with two attached hydrogens (primary N) is 1. The highest BCUT2D eigenvalue weighted by molar-refractivity contribution is 5.92. The fourth-order valence-electron chi connectivity index (χ4n) is 3.59. The maximum atomic E-state index is 12.5. The number of methoxy groups -OCH3 is 2. The summed E-state index contributed by atoms with van der Waals surface area (Å²) >= 11 is 0. The predicted molar refractivity (Wildman–Crippen MR) is 108 cm³/mol. The van der Waals surface area contributed by atoms with E-state index in [0.717, 1.165) is 0 Å². The van der Waals surface area contributed by atoms with Gasteiger partial charge in [0, 0.05) is 37.1 Å². The Labute approximate surface area is 168 Å². The molecule has 1 aromatic carbocycles. The number of aromatic nitrogens is 2. The number of anilines is 2. The Kier molecular flexibility index (Phi) is 4.87. The van der Waals surface area contributed by atoms with Gasteiger partial charge in [0.25, 0.3) is 5.91 Å². The Morgan fingerprint density at radius 3 is 2.62 bits per heavy atom. The van der Waals surface area contributed by atoms with Crippen LogP contribution >= 0.6 is 0 Å². The van der Waals surface area contributed by atoms with Crippen molar-refractivity contribution in [1.29, 1.82) is 0 Å². The Morgan fingerprint density at radius 2 is 1.97 bits per heavy atom. The van der Waals surface area contributed by atoms with E-state index >= 15 is 0 Å². The number of ether oxygens (including phenoxy) is 2. The molecule has 0 radical (unpaired) electrons. The fourth-order valence-corrected chi connectivity index (χ4v) is 3.59. The van der Waals surface area contributed by atoms with Crippen molar-refractivity contribution in [3.05, 3.63) is 36.3 Å². The third-order valence-corrected chi connectivity index (χ3v) is 5.12. The van der Waals surface area contributed by atoms with E-state index in [4.69, 9.17) is 24.6 Å². The van der Waals surface area contributed by atoms with E-state index in [1.165, 1.54) is 6.26 Å². The fraction of sp³-hybridized carbons (Fsp3) is 0.350. The molecule has 2 aromatic heterocycles. The van der Waals surface area contributed by atoms with E-state index in [0.29, 0.717) is 59.6 Å². The third-order valence-electron chi connectivity index (χ3n) is 5.12. The van der Waals surface area contributed by atoms with Crippen molar-refractivity contribution in [2.75, 3.05) is 44.5 Å². The van der Waals surface area contributed by atoms with E-state index < -0.39 is 0 Å². The molecule has 0 bridgehead atoms. The number of carbonyl (C=O) groups is 1. The summed E-state index contributed by atoms with van der Waals surface area (Å²) in [6.45, 7) is 3.69. The number of nitrogen functional groups attached to an aromatic ring is 1. The summed E-state index contributed by atoms with van der Waals surface area (Å²) < 4.78 is 15.9. The minimum Gasteiger partial charge on any atom is -0.493 e. The molecule has 4 rings (SSSR count). The lowest BCUT2D eigenvalue weighted by Gasteiger charge is -2.39. The number of rotatable bonds is 4. The summed E-state index contributed by atoms with van der Waals surface area (Å²) in [5.41, 5.74) is 6.89. The maximum absolute atomic E-state index is 12.5. The molecular weight excluding hydrogens is 374 g/mol. The van der Waals surface area contributed by atoms with Gasteiger partial charge in [-0.15, -0.1) is 0 Å². The van der Waals surface area contributed by atoms with Crippen molar-refractivity contribution < 1.29 is 18.7 Å². The first-order valence-electron chi connectivity index (χ1n) is 9.30. The predicted octanol–water partition coefficient (Wildman–Crippen LogP) is 2.17. The number of fused-ring (bicyclic) bond motifs is 1. The average molecular weight is 397 g/mol. The summed E-state index contributed by atoms with van der Waals surface area (Å²) in [6, 6.07) is 6.96. The number of amides is 1. The van der Waals surface area contributed by atoms with Crippen molar-refractivity contribution >= 4 is 28.6 Å². The number of benzene rings is 1. The monoisotopic (exact) mass is 397 g/mol. The minimum atomic E-state index is -0.114. The molecule has 1 saturated heterocycles. The van der Waals surface area contributed by atoms with E-state index in [1.54, 1.807) is 43.4 Å². The molecule has 3 aromatic rings. The molecule has 1 aliphatic heterocycles. The lowest BCUT2D eigenvalue weighted by molar-refractivity contribution is 0.0693. The van der Waals surface area contributed by atoms with Crippen molar-refractivity contribution in [2.24, 2.45) is 0 Å². The standard InChI is InChI=1S/C20H23N5O4/c1-12-11-24(19(26)15-5-4-8-29-15)6-7-25(12)20-22-14-10-17(28-3)16(27-2)9-13(14)18(21)23-20/h4-5,8-10,12H,6-7,11H2,1-3H3,(H2,21,22,23). The van der Waals surface area contributed by atoms with Crippen LogP contribution in [0, 0.1) is 0 Å². The van der Waals surface area contributed by atoms with Crippen LogP contribution in [0.5, 0.6) is 11.5 Å². The summed E-state index contributed by atoms with van der Waals surface area (Å²) in [6.07, 6.45) is 1.50. The zero-order valence-corrected chi connectivity index (χ0v) is 16.6. The van der Waals surface area contributed by atoms with Crippen LogP contribution in [0.3, 0.4) is 0 Å². The van der Waals surface area contributed by atoms with E-state index in [2.05, 4.69) is 9.88 Å². The van der Waals surface area contributed by atoms with Crippen LogP contribution < -0.4 is 20.1 Å². The normalized spacial score (nSPS) is 16.9. The second-order valence-electron chi connectivity index (χ2n) is 6.90. The van der Waals surface area contributed by atoms with Crippen molar-refractivity contribution in [2.45, 2.75) is 13.0 Å². The van der Waals surface area contributed by atoms with Gasteiger partial charge in [0.1, 0.15) is 5.82 Å². The Balaban J connectivity index is 1.61. The first kappa shape index (κ1) is 18.9. The number of piperazine rings is 1. The van der Waals surface area contributed by atoms with E-state index in [9.17, 15) is 4.79 Å². The molecule has 1 amide bonds. The highest BCUT2D eigenvalue weighted by Gasteiger charge is 2.30. The molecule has 1 unspecified atom stereocenters. The lowest BCUT2D eigenvalue weighted by atomic mass is 10.1. The number of hydrogen-bond donors (Lipinski definition) is 1. The molecule has 1 atom stereocenters. The Bertz CT molecular complexity index is 1040. The van der Waals surface area contributed by atoms with Gasteiger partial charge < -0.3 is 29.4 Å². The maximum Gasteiger partial charge on any atom is 0.289 e. The van der Waals surface area contributed by atoms with Gasteiger partial charge in [0.05, 0.1) is 26.0 Å². The number of carbonyl (C=O) groups excluding carboxylic acids is 1. The Morgan fingerprint density at radius 1 is 1.21 bits per heavy atom. The van der Waals surface area contributed by atoms with Gasteiger partial charge in [-0.25, -0.2) is 4.98 Å². The highest BCUT2D eigenvalue weighted by Crippen LogP contribution is 2.34. The van der Waals surface area contributed by atoms with Crippen molar-refractivity contribution in [3.8, 4) is 11.5 Å². The summed E-state index contributed by atoms with van der Waals surface area (Å²) in [7, 11) is 3.15. The number of nitrogens with zero attached hydrogens (tertiary/aromatic N) is 4. The first-order chi connectivity index (χ1) is 14.0. The Hall–Kier alpha value is -3.49. The third kappa shape index (κ3) is 3.39. The minimum absolute atomic E-state index is 0.0136. The van der Waals surface area contributed by atoms with Gasteiger partial charge in [-0.1, -0.05) is 0 Å². The van der Waals surface area contributed by atoms with E-state index in [-0.39, 0.29) is 11.9 Å². The lowest BCUT2D eigenvalue weighted by Crippen LogP contribution is -2.54. The van der Waals surface area contributed by atoms with Gasteiger partial charge in [0.15, 0.2) is 17.3 Å².